The number of hydrogen-bond donors (Lipinski definition) is 6. The molecule has 3 unspecified atom stereocenters. The fourth-order valence-corrected chi connectivity index (χ4v) is 11.6. The number of nitrogens with one attached hydrogen (secondary N) is 1. The second kappa shape index (κ2) is 25.5. The van der Waals surface area contributed by atoms with Gasteiger partial charge in [0, 0.05) is 69.8 Å². The van der Waals surface area contributed by atoms with Crippen LogP contribution in [0.3, 0.4) is 0 Å². The first kappa shape index (κ1) is 60.2. The van der Waals surface area contributed by atoms with Crippen molar-refractivity contribution in [2.45, 2.75) is 217 Å². The van der Waals surface area contributed by atoms with Crippen LogP contribution < -0.4 is 10.2 Å². The third-order valence-corrected chi connectivity index (χ3v) is 16.3. The van der Waals surface area contributed by atoms with Crippen LogP contribution >= 0.6 is 0 Å². The number of nitrogens with zero attached hydrogens (tertiary/aromatic N) is 3. The molecule has 0 saturated carbocycles. The van der Waals surface area contributed by atoms with Gasteiger partial charge in [-0.1, -0.05) is 32.9 Å². The normalized spacial score (nSPS) is 41.6. The van der Waals surface area contributed by atoms with Crippen LogP contribution in [0.5, 0.6) is 0 Å². The number of aliphatic hydroxyl groups excluding tert-OH is 3. The van der Waals surface area contributed by atoms with Gasteiger partial charge in [0.15, 0.2) is 12.6 Å². The van der Waals surface area contributed by atoms with Gasteiger partial charge in [-0.15, -0.1) is 0 Å². The Morgan fingerprint density at radius 2 is 1.65 bits per heavy atom. The second-order valence-corrected chi connectivity index (χ2v) is 22.6. The van der Waals surface area contributed by atoms with Crippen molar-refractivity contribution in [3.05, 3.63) is 29.8 Å². The van der Waals surface area contributed by atoms with Gasteiger partial charge in [-0.3, -0.25) is 9.59 Å². The minimum Gasteiger partial charge on any atom is -0.459 e. The summed E-state index contributed by atoms with van der Waals surface area (Å²) in [5.41, 5.74) is -2.90. The van der Waals surface area contributed by atoms with Crippen LogP contribution in [-0.2, 0) is 44.4 Å². The van der Waals surface area contributed by atoms with Crippen LogP contribution in [0.4, 0.5) is 14.5 Å². The first-order chi connectivity index (χ1) is 33.7. The number of esters is 1. The Labute approximate surface area is 427 Å². The van der Waals surface area contributed by atoms with E-state index in [4.69, 9.17) is 28.4 Å². The zero-order valence-electron chi connectivity index (χ0n) is 45.2. The molecule has 0 aromatic heterocycles. The molecule has 72 heavy (non-hydrogen) atoms. The van der Waals surface area contributed by atoms with Crippen LogP contribution in [0.1, 0.15) is 113 Å². The molecule has 1 aromatic carbocycles. The van der Waals surface area contributed by atoms with Crippen molar-refractivity contribution < 1.29 is 72.3 Å². The summed E-state index contributed by atoms with van der Waals surface area (Å²) in [6, 6.07) is 5.59. The number of amides is 1. The number of rotatable bonds is 15. The molecule has 4 saturated heterocycles. The van der Waals surface area contributed by atoms with Crippen LogP contribution in [-0.4, -0.2) is 204 Å². The Morgan fingerprint density at radius 1 is 0.986 bits per heavy atom. The lowest BCUT2D eigenvalue weighted by Crippen LogP contribution is -2.61. The quantitative estimate of drug-likeness (QED) is 0.138. The maximum Gasteiger partial charge on any atom is 0.311 e. The van der Waals surface area contributed by atoms with Gasteiger partial charge >= 0.3 is 5.97 Å². The highest BCUT2D eigenvalue weighted by Gasteiger charge is 2.53. The first-order valence-electron chi connectivity index (χ1n) is 26.3. The number of carbonyl (C=O) groups excluding carboxylic acids is 2. The number of carbonyl (C=O) groups is 2. The fraction of sp³-hybridized carbons (Fsp3) is 0.849. The SMILES string of the molecule is CC[C@H]1OC(=O)[C@H](C)[C@@H](O[C@H]2CC(C)(OC)[C@@H](O)[C@H](C)O2)[C@H](C)[C@@H](O[C@@H]2O[C@H](C)C[C@H](N(C)CCC(=O)N[C@H](CF)Cc3ccc(N4CC[C@@H](F)C4)cc3)[C@H]2O)C(C)(O)C[C@@H](C)CN(C)[C@H](C)[C@@H](O)C1(C)O. The molecule has 17 nitrogen and oxygen atoms in total. The average Bonchev–Trinajstić information content (AvgIpc) is 3.77. The van der Waals surface area contributed by atoms with Gasteiger partial charge in [0.05, 0.1) is 47.6 Å². The van der Waals surface area contributed by atoms with Crippen molar-refractivity contribution in [1.82, 2.24) is 15.1 Å². The summed E-state index contributed by atoms with van der Waals surface area (Å²) in [6.45, 7) is 18.0. The van der Waals surface area contributed by atoms with E-state index in [9.17, 15) is 43.9 Å². The summed E-state index contributed by atoms with van der Waals surface area (Å²) in [6.07, 6.45) is -9.92. The lowest BCUT2D eigenvalue weighted by atomic mass is 9.77. The van der Waals surface area contributed by atoms with Crippen LogP contribution in [0.25, 0.3) is 0 Å². The zero-order chi connectivity index (χ0) is 53.6. The fourth-order valence-electron chi connectivity index (χ4n) is 11.6. The number of cyclic esters (lactones) is 1. The number of benzene rings is 1. The molecule has 1 amide bonds. The highest BCUT2D eigenvalue weighted by molar-refractivity contribution is 5.76. The van der Waals surface area contributed by atoms with E-state index < -0.39 is 127 Å². The second-order valence-electron chi connectivity index (χ2n) is 22.6. The zero-order valence-corrected chi connectivity index (χ0v) is 45.2. The summed E-state index contributed by atoms with van der Waals surface area (Å²) in [7, 11) is 5.08. The molecule has 0 aliphatic carbocycles. The highest BCUT2D eigenvalue weighted by Crippen LogP contribution is 2.40. The van der Waals surface area contributed by atoms with E-state index in [1.54, 1.807) is 55.5 Å². The molecule has 0 bridgehead atoms. The molecule has 4 aliphatic heterocycles. The number of methoxy groups -OCH3 is 1. The van der Waals surface area contributed by atoms with E-state index >= 15 is 0 Å². The maximum atomic E-state index is 14.5. The molecule has 4 fully saturated rings. The minimum absolute atomic E-state index is 0.00789. The summed E-state index contributed by atoms with van der Waals surface area (Å²) < 4.78 is 66.2. The Morgan fingerprint density at radius 3 is 2.25 bits per heavy atom. The number of hydrogen-bond acceptors (Lipinski definition) is 16. The predicted octanol–water partition coefficient (Wildman–Crippen LogP) is 3.91. The van der Waals surface area contributed by atoms with Gasteiger partial charge in [0.1, 0.15) is 42.9 Å². The van der Waals surface area contributed by atoms with Crippen molar-refractivity contribution in [3.8, 4) is 0 Å². The molecule has 0 radical (unpaired) electrons. The van der Waals surface area contributed by atoms with Gasteiger partial charge in [0.2, 0.25) is 5.91 Å². The molecule has 4 aliphatic rings. The number of halogens is 2. The molecular formula is C53H90F2N4O13. The van der Waals surface area contributed by atoms with Crippen LogP contribution in [0.2, 0.25) is 0 Å². The Balaban J connectivity index is 1.39. The first-order valence-corrected chi connectivity index (χ1v) is 26.3. The molecule has 19 heteroatoms. The van der Waals surface area contributed by atoms with Gasteiger partial charge in [0.25, 0.3) is 0 Å². The van der Waals surface area contributed by atoms with Gasteiger partial charge in [-0.05, 0) is 118 Å². The molecule has 414 valence electrons. The minimum atomic E-state index is -1.86. The van der Waals surface area contributed by atoms with Crippen molar-refractivity contribution in [2.75, 3.05) is 59.0 Å². The maximum absolute atomic E-state index is 14.5. The van der Waals surface area contributed by atoms with E-state index in [1.807, 2.05) is 59.9 Å². The molecule has 4 heterocycles. The van der Waals surface area contributed by atoms with Crippen molar-refractivity contribution in [1.29, 1.82) is 0 Å². The predicted molar refractivity (Wildman–Crippen MR) is 268 cm³/mol. The summed E-state index contributed by atoms with van der Waals surface area (Å²) in [4.78, 5) is 33.5. The average molecular weight is 1030 g/mol. The van der Waals surface area contributed by atoms with Gasteiger partial charge in [-0.2, -0.15) is 0 Å². The van der Waals surface area contributed by atoms with E-state index in [0.717, 1.165) is 11.3 Å². The Kier molecular flexibility index (Phi) is 21.3. The molecule has 5 rings (SSSR count). The number of aliphatic hydroxyl groups is 5. The molecular weight excluding hydrogens is 939 g/mol. The Hall–Kier alpha value is -2.66. The largest absolute Gasteiger partial charge is 0.459 e. The molecule has 1 aromatic rings. The van der Waals surface area contributed by atoms with Crippen molar-refractivity contribution in [3.63, 3.8) is 0 Å². The van der Waals surface area contributed by atoms with Crippen LogP contribution in [0.15, 0.2) is 24.3 Å². The summed E-state index contributed by atoms with van der Waals surface area (Å²) in [5.74, 6) is -3.31. The monoisotopic (exact) mass is 1030 g/mol. The lowest BCUT2D eigenvalue weighted by molar-refractivity contribution is -0.318. The molecule has 0 spiro atoms. The lowest BCUT2D eigenvalue weighted by Gasteiger charge is -2.49. The molecule has 20 atom stereocenters. The number of likely N-dealkylation sites (N-methyl/N-ethyl adjacent to an activating group) is 2. The third kappa shape index (κ3) is 14.6. The number of anilines is 1. The number of alkyl halides is 2. The third-order valence-electron chi connectivity index (χ3n) is 16.3. The smallest absolute Gasteiger partial charge is 0.311 e. The van der Waals surface area contributed by atoms with Crippen molar-refractivity contribution in [2.24, 2.45) is 17.8 Å². The standard InChI is InChI=1S/C53H90F2N4O13/c1-14-41-53(10,66)46(62)34(6)58(12)28-30(2)25-51(8,65)48(32(4)45(33(5)49(64)70-41)71-43-26-52(9,67-13)47(63)35(7)69-43)72-50-44(61)40(23-31(3)68-50)57(11)21-20-42(60)56-38(27-54)24-36-15-17-39(18-16-36)59-22-19-37(55)29-59/h15-18,30-35,37-38,40-41,43-48,50,61-63,65-66H,14,19-29H2,1-13H3,(H,56,60)/t30-,31-,32+,33-,34-,35+,37-,38+,40+,41-,43+,44-,45+,46-,47+,48-,50+,51?,52?,53?/m1/s1. The van der Waals surface area contributed by atoms with E-state index in [1.165, 1.54) is 14.0 Å². The molecule has 6 N–H and O–H groups in total. The van der Waals surface area contributed by atoms with Crippen molar-refractivity contribution >= 4 is 17.6 Å². The highest BCUT2D eigenvalue weighted by atomic mass is 19.1. The van der Waals surface area contributed by atoms with E-state index in [2.05, 4.69) is 5.32 Å². The summed E-state index contributed by atoms with van der Waals surface area (Å²) in [5, 5.41) is 62.4. The topological polar surface area (TPSA) is 212 Å². The van der Waals surface area contributed by atoms with E-state index in [0.29, 0.717) is 32.5 Å². The van der Waals surface area contributed by atoms with Gasteiger partial charge < -0.3 is 74.0 Å². The Bertz CT molecular complexity index is 1870. The van der Waals surface area contributed by atoms with Crippen LogP contribution in [0, 0.1) is 17.8 Å². The summed E-state index contributed by atoms with van der Waals surface area (Å²) >= 11 is 0. The number of ether oxygens (including phenoxy) is 6. The van der Waals surface area contributed by atoms with E-state index in [-0.39, 0.29) is 50.5 Å². The van der Waals surface area contributed by atoms with Gasteiger partial charge in [-0.25, -0.2) is 8.78 Å².